The van der Waals surface area contributed by atoms with E-state index in [1.807, 2.05) is 14.1 Å². The number of ether oxygens (including phenoxy) is 1. The van der Waals surface area contributed by atoms with Crippen LogP contribution in [0.1, 0.15) is 24.1 Å². The van der Waals surface area contributed by atoms with Gasteiger partial charge in [0.2, 0.25) is 5.95 Å². The fraction of sp³-hybridized carbons (Fsp3) is 0.643. The summed E-state index contributed by atoms with van der Waals surface area (Å²) in [5.74, 6) is 0.539. The van der Waals surface area contributed by atoms with Gasteiger partial charge in [0.05, 0.1) is 12.2 Å². The summed E-state index contributed by atoms with van der Waals surface area (Å²) in [5.41, 5.74) is 1.28. The standard InChI is InChI=1S/C14H20N4O3/c1-17(2)14-15-10-8-18(6-5-9(10)12(19)16-14)13(20)11-4-3-7-21-11/h11H,3-8H2,1-2H3,(H,15,16,19)/t11-/m1/s1. The van der Waals surface area contributed by atoms with Crippen LogP contribution >= 0.6 is 0 Å². The summed E-state index contributed by atoms with van der Waals surface area (Å²) in [7, 11) is 3.64. The number of hydrogen-bond acceptors (Lipinski definition) is 5. The van der Waals surface area contributed by atoms with Crippen LogP contribution in [0.5, 0.6) is 0 Å². The van der Waals surface area contributed by atoms with E-state index in [-0.39, 0.29) is 17.6 Å². The highest BCUT2D eigenvalue weighted by molar-refractivity contribution is 5.81. The molecule has 1 fully saturated rings. The van der Waals surface area contributed by atoms with Gasteiger partial charge < -0.3 is 14.5 Å². The fourth-order valence-electron chi connectivity index (χ4n) is 2.80. The molecule has 21 heavy (non-hydrogen) atoms. The van der Waals surface area contributed by atoms with E-state index in [0.29, 0.717) is 43.3 Å². The topological polar surface area (TPSA) is 78.5 Å². The van der Waals surface area contributed by atoms with Crippen LogP contribution in [0.2, 0.25) is 0 Å². The number of aromatic amines is 1. The molecular formula is C14H20N4O3. The second-order valence-corrected chi connectivity index (χ2v) is 5.72. The van der Waals surface area contributed by atoms with Gasteiger partial charge in [0.15, 0.2) is 0 Å². The molecule has 3 rings (SSSR count). The van der Waals surface area contributed by atoms with Gasteiger partial charge in [0.1, 0.15) is 6.10 Å². The van der Waals surface area contributed by atoms with E-state index in [9.17, 15) is 9.59 Å². The monoisotopic (exact) mass is 292 g/mol. The van der Waals surface area contributed by atoms with Crippen LogP contribution in [0.15, 0.2) is 4.79 Å². The lowest BCUT2D eigenvalue weighted by molar-refractivity contribution is -0.141. The zero-order valence-electron chi connectivity index (χ0n) is 12.4. The number of H-pyrrole nitrogens is 1. The van der Waals surface area contributed by atoms with Crippen molar-refractivity contribution in [1.82, 2.24) is 14.9 Å². The Kier molecular flexibility index (Phi) is 3.67. The molecule has 1 N–H and O–H groups in total. The third-order valence-corrected chi connectivity index (χ3v) is 4.00. The minimum absolute atomic E-state index is 0.0200. The number of nitrogens with one attached hydrogen (secondary N) is 1. The first-order chi connectivity index (χ1) is 10.1. The highest BCUT2D eigenvalue weighted by Gasteiger charge is 2.31. The van der Waals surface area contributed by atoms with Crippen LogP contribution in [0.3, 0.4) is 0 Å². The second-order valence-electron chi connectivity index (χ2n) is 5.72. The average molecular weight is 292 g/mol. The Hall–Kier alpha value is -1.89. The Bertz CT molecular complexity index is 605. The summed E-state index contributed by atoms with van der Waals surface area (Å²) in [4.78, 5) is 35.2. The maximum atomic E-state index is 12.4. The van der Waals surface area contributed by atoms with E-state index < -0.39 is 0 Å². The van der Waals surface area contributed by atoms with Crippen LogP contribution in [-0.4, -0.2) is 54.1 Å². The first kappa shape index (κ1) is 14.1. The molecule has 1 atom stereocenters. The van der Waals surface area contributed by atoms with Gasteiger partial charge in [0, 0.05) is 32.8 Å². The second kappa shape index (κ2) is 5.48. The molecule has 1 aromatic rings. The van der Waals surface area contributed by atoms with E-state index in [4.69, 9.17) is 4.74 Å². The Morgan fingerprint density at radius 2 is 2.29 bits per heavy atom. The molecule has 0 aliphatic carbocycles. The van der Waals surface area contributed by atoms with Gasteiger partial charge in [-0.2, -0.15) is 0 Å². The quantitative estimate of drug-likeness (QED) is 0.823. The maximum Gasteiger partial charge on any atom is 0.255 e. The molecule has 0 bridgehead atoms. The van der Waals surface area contributed by atoms with E-state index in [2.05, 4.69) is 9.97 Å². The largest absolute Gasteiger partial charge is 0.368 e. The molecule has 0 spiro atoms. The zero-order valence-corrected chi connectivity index (χ0v) is 12.4. The molecule has 3 heterocycles. The van der Waals surface area contributed by atoms with Crippen molar-refractivity contribution in [3.8, 4) is 0 Å². The predicted octanol–water partition coefficient (Wildman–Crippen LogP) is -0.100. The average Bonchev–Trinajstić information content (AvgIpc) is 2.99. The number of carbonyl (C=O) groups excluding carboxylic acids is 1. The smallest absolute Gasteiger partial charge is 0.255 e. The molecular weight excluding hydrogens is 272 g/mol. The highest BCUT2D eigenvalue weighted by Crippen LogP contribution is 2.20. The molecule has 0 saturated carbocycles. The normalized spacial score (nSPS) is 21.2. The number of carbonyl (C=O) groups is 1. The summed E-state index contributed by atoms with van der Waals surface area (Å²) in [6.45, 7) is 1.60. The van der Waals surface area contributed by atoms with Gasteiger partial charge in [0.25, 0.3) is 11.5 Å². The minimum atomic E-state index is -0.318. The summed E-state index contributed by atoms with van der Waals surface area (Å²) in [6, 6.07) is 0. The molecule has 1 aromatic heterocycles. The van der Waals surface area contributed by atoms with Gasteiger partial charge in [-0.15, -0.1) is 0 Å². The van der Waals surface area contributed by atoms with Crippen LogP contribution in [-0.2, 0) is 22.5 Å². The van der Waals surface area contributed by atoms with Crippen LogP contribution in [0, 0.1) is 0 Å². The SMILES string of the molecule is CN(C)c1nc2c(c(=O)[nH]1)CCN(C(=O)[C@H]1CCCO1)C2. The first-order valence-electron chi connectivity index (χ1n) is 7.26. The molecule has 1 saturated heterocycles. The van der Waals surface area contributed by atoms with Crippen LogP contribution < -0.4 is 10.5 Å². The van der Waals surface area contributed by atoms with E-state index in [1.54, 1.807) is 9.80 Å². The molecule has 7 heteroatoms. The van der Waals surface area contributed by atoms with Crippen LogP contribution in [0.4, 0.5) is 5.95 Å². The van der Waals surface area contributed by atoms with Crippen molar-refractivity contribution in [2.45, 2.75) is 31.9 Å². The van der Waals surface area contributed by atoms with E-state index >= 15 is 0 Å². The number of anilines is 1. The van der Waals surface area contributed by atoms with Crippen molar-refractivity contribution in [3.05, 3.63) is 21.6 Å². The van der Waals surface area contributed by atoms with Crippen molar-refractivity contribution >= 4 is 11.9 Å². The van der Waals surface area contributed by atoms with Gasteiger partial charge >= 0.3 is 0 Å². The molecule has 1 amide bonds. The number of aromatic nitrogens is 2. The summed E-state index contributed by atoms with van der Waals surface area (Å²) >= 11 is 0. The third-order valence-electron chi connectivity index (χ3n) is 4.00. The lowest BCUT2D eigenvalue weighted by Gasteiger charge is -2.30. The summed E-state index contributed by atoms with van der Waals surface area (Å²) in [6.07, 6.45) is 1.95. The van der Waals surface area contributed by atoms with Crippen molar-refractivity contribution in [2.75, 3.05) is 32.1 Å². The van der Waals surface area contributed by atoms with Crippen molar-refractivity contribution in [1.29, 1.82) is 0 Å². The fourth-order valence-corrected chi connectivity index (χ4v) is 2.80. The zero-order chi connectivity index (χ0) is 15.0. The third kappa shape index (κ3) is 2.65. The number of hydrogen-bond donors (Lipinski definition) is 1. The number of rotatable bonds is 2. The van der Waals surface area contributed by atoms with E-state index in [1.165, 1.54) is 0 Å². The van der Waals surface area contributed by atoms with Gasteiger partial charge in [-0.25, -0.2) is 4.98 Å². The van der Waals surface area contributed by atoms with Crippen LogP contribution in [0.25, 0.3) is 0 Å². The van der Waals surface area contributed by atoms with Crippen molar-refractivity contribution < 1.29 is 9.53 Å². The summed E-state index contributed by atoms with van der Waals surface area (Å²) < 4.78 is 5.45. The van der Waals surface area contributed by atoms with Gasteiger partial charge in [-0.05, 0) is 19.3 Å². The molecule has 114 valence electrons. The first-order valence-corrected chi connectivity index (χ1v) is 7.26. The Morgan fingerprint density at radius 3 is 2.95 bits per heavy atom. The Morgan fingerprint density at radius 1 is 1.48 bits per heavy atom. The maximum absolute atomic E-state index is 12.4. The minimum Gasteiger partial charge on any atom is -0.368 e. The van der Waals surface area contributed by atoms with Gasteiger partial charge in [-0.3, -0.25) is 14.6 Å². The lowest BCUT2D eigenvalue weighted by atomic mass is 10.1. The Balaban J connectivity index is 1.84. The molecule has 7 nitrogen and oxygen atoms in total. The molecule has 0 aromatic carbocycles. The van der Waals surface area contributed by atoms with Crippen molar-refractivity contribution in [3.63, 3.8) is 0 Å². The number of fused-ring (bicyclic) bond motifs is 1. The summed E-state index contributed by atoms with van der Waals surface area (Å²) in [5, 5.41) is 0. The highest BCUT2D eigenvalue weighted by atomic mass is 16.5. The molecule has 0 radical (unpaired) electrons. The molecule has 0 unspecified atom stereocenters. The Labute approximate surface area is 122 Å². The van der Waals surface area contributed by atoms with Crippen molar-refractivity contribution in [2.24, 2.45) is 0 Å². The number of nitrogens with zero attached hydrogens (tertiary/aromatic N) is 3. The number of amides is 1. The lowest BCUT2D eigenvalue weighted by Crippen LogP contribution is -2.44. The molecule has 2 aliphatic heterocycles. The predicted molar refractivity (Wildman–Crippen MR) is 77.3 cm³/mol. The van der Waals surface area contributed by atoms with E-state index in [0.717, 1.165) is 12.8 Å². The van der Waals surface area contributed by atoms with Gasteiger partial charge in [-0.1, -0.05) is 0 Å². The molecule has 2 aliphatic rings.